The van der Waals surface area contributed by atoms with Crippen LogP contribution in [0.4, 0.5) is 0 Å². The van der Waals surface area contributed by atoms with E-state index in [0.29, 0.717) is 25.1 Å². The zero-order valence-corrected chi connectivity index (χ0v) is 12.5. The van der Waals surface area contributed by atoms with Crippen molar-refractivity contribution < 1.29 is 9.21 Å². The summed E-state index contributed by atoms with van der Waals surface area (Å²) in [5, 5.41) is 0. The van der Waals surface area contributed by atoms with E-state index < -0.39 is 0 Å². The molecule has 1 amide bonds. The van der Waals surface area contributed by atoms with Gasteiger partial charge in [-0.25, -0.2) is 4.79 Å². The Labute approximate surface area is 123 Å². The molecule has 5 nitrogen and oxygen atoms in total. The molecule has 112 valence electrons. The van der Waals surface area contributed by atoms with Gasteiger partial charge in [0, 0.05) is 25.6 Å². The summed E-state index contributed by atoms with van der Waals surface area (Å²) in [6.07, 6.45) is 2.14. The molecule has 1 fully saturated rings. The predicted octanol–water partition coefficient (Wildman–Crippen LogP) is 2.48. The molecule has 0 unspecified atom stereocenters. The number of carbonyl (C=O) groups is 1. The summed E-state index contributed by atoms with van der Waals surface area (Å²) in [5.74, 6) is -0.107. The normalized spacial score (nSPS) is 16.6. The van der Waals surface area contributed by atoms with E-state index in [-0.39, 0.29) is 17.7 Å². The molecule has 3 rings (SSSR count). The van der Waals surface area contributed by atoms with E-state index in [1.54, 1.807) is 4.57 Å². The van der Waals surface area contributed by atoms with Crippen molar-refractivity contribution in [2.75, 3.05) is 13.1 Å². The van der Waals surface area contributed by atoms with Gasteiger partial charge in [-0.2, -0.15) is 0 Å². The second-order valence-electron chi connectivity index (χ2n) is 5.67. The number of fused-ring (bicyclic) bond motifs is 1. The standard InChI is InChI=1S/C16H20N2O3/c1-3-15(19)17-8-6-12(7-9-17)18-13-5-4-11(2)10-14(13)21-16(18)20/h4-5,10,12H,3,6-9H2,1-2H3. The van der Waals surface area contributed by atoms with Crippen molar-refractivity contribution in [3.8, 4) is 0 Å². The molecule has 0 bridgehead atoms. The Balaban J connectivity index is 1.87. The van der Waals surface area contributed by atoms with E-state index in [9.17, 15) is 9.59 Å². The van der Waals surface area contributed by atoms with Crippen LogP contribution in [-0.2, 0) is 4.79 Å². The summed E-state index contributed by atoms with van der Waals surface area (Å²) in [6, 6.07) is 5.94. The first kappa shape index (κ1) is 13.9. The first-order chi connectivity index (χ1) is 10.1. The zero-order valence-electron chi connectivity index (χ0n) is 12.5. The van der Waals surface area contributed by atoms with Gasteiger partial charge in [0.2, 0.25) is 5.91 Å². The van der Waals surface area contributed by atoms with E-state index in [1.165, 1.54) is 0 Å². The third-order valence-electron chi connectivity index (χ3n) is 4.25. The number of hydrogen-bond donors (Lipinski definition) is 0. The number of rotatable bonds is 2. The average Bonchev–Trinajstić information content (AvgIpc) is 2.81. The first-order valence-corrected chi connectivity index (χ1v) is 7.49. The van der Waals surface area contributed by atoms with Crippen LogP contribution in [0.1, 0.15) is 37.8 Å². The van der Waals surface area contributed by atoms with E-state index in [4.69, 9.17) is 4.42 Å². The lowest BCUT2D eigenvalue weighted by Crippen LogP contribution is -2.39. The largest absolute Gasteiger partial charge is 0.420 e. The number of nitrogens with zero attached hydrogens (tertiary/aromatic N) is 2. The van der Waals surface area contributed by atoms with Gasteiger partial charge in [-0.3, -0.25) is 9.36 Å². The number of oxazole rings is 1. The number of benzene rings is 1. The van der Waals surface area contributed by atoms with Gasteiger partial charge in [0.15, 0.2) is 5.58 Å². The van der Waals surface area contributed by atoms with Crippen molar-refractivity contribution in [2.45, 2.75) is 39.2 Å². The van der Waals surface area contributed by atoms with Crippen molar-refractivity contribution >= 4 is 17.0 Å². The molecule has 1 aromatic carbocycles. The van der Waals surface area contributed by atoms with Gasteiger partial charge in [0.1, 0.15) is 0 Å². The van der Waals surface area contributed by atoms with Gasteiger partial charge in [-0.1, -0.05) is 13.0 Å². The van der Waals surface area contributed by atoms with Crippen molar-refractivity contribution in [2.24, 2.45) is 0 Å². The highest BCUT2D eigenvalue weighted by Crippen LogP contribution is 2.26. The molecule has 21 heavy (non-hydrogen) atoms. The van der Waals surface area contributed by atoms with Gasteiger partial charge >= 0.3 is 5.76 Å². The molecule has 0 atom stereocenters. The van der Waals surface area contributed by atoms with Crippen LogP contribution in [0, 0.1) is 6.92 Å². The molecular formula is C16H20N2O3. The molecule has 0 aliphatic carbocycles. The maximum atomic E-state index is 12.1. The lowest BCUT2D eigenvalue weighted by atomic mass is 10.0. The maximum absolute atomic E-state index is 12.1. The molecule has 0 spiro atoms. The monoisotopic (exact) mass is 288 g/mol. The SMILES string of the molecule is CCC(=O)N1CCC(n2c(=O)oc3cc(C)ccc32)CC1. The highest BCUT2D eigenvalue weighted by atomic mass is 16.4. The van der Waals surface area contributed by atoms with E-state index >= 15 is 0 Å². The van der Waals surface area contributed by atoms with E-state index in [2.05, 4.69) is 0 Å². The Morgan fingerprint density at radius 1 is 1.33 bits per heavy atom. The second kappa shape index (κ2) is 5.39. The smallest absolute Gasteiger partial charge is 0.408 e. The molecule has 0 radical (unpaired) electrons. The Kier molecular flexibility index (Phi) is 3.57. The molecule has 1 aliphatic heterocycles. The van der Waals surface area contributed by atoms with Crippen molar-refractivity contribution in [1.82, 2.24) is 9.47 Å². The second-order valence-corrected chi connectivity index (χ2v) is 5.67. The lowest BCUT2D eigenvalue weighted by Gasteiger charge is -2.32. The van der Waals surface area contributed by atoms with Crippen LogP contribution in [0.5, 0.6) is 0 Å². The van der Waals surface area contributed by atoms with Crippen LogP contribution in [-0.4, -0.2) is 28.5 Å². The first-order valence-electron chi connectivity index (χ1n) is 7.49. The van der Waals surface area contributed by atoms with Crippen LogP contribution in [0.2, 0.25) is 0 Å². The van der Waals surface area contributed by atoms with Crippen LogP contribution in [0.3, 0.4) is 0 Å². The number of amides is 1. The summed E-state index contributed by atoms with van der Waals surface area (Å²) < 4.78 is 7.11. The fourth-order valence-corrected chi connectivity index (χ4v) is 3.09. The van der Waals surface area contributed by atoms with Crippen LogP contribution in [0.15, 0.2) is 27.4 Å². The van der Waals surface area contributed by atoms with Crippen molar-refractivity contribution in [3.63, 3.8) is 0 Å². The van der Waals surface area contributed by atoms with Gasteiger partial charge in [-0.05, 0) is 37.5 Å². The molecule has 2 aromatic rings. The molecule has 2 heterocycles. The number of carbonyl (C=O) groups excluding carboxylic acids is 1. The van der Waals surface area contributed by atoms with E-state index in [0.717, 1.165) is 23.9 Å². The number of hydrogen-bond acceptors (Lipinski definition) is 3. The van der Waals surface area contributed by atoms with Gasteiger partial charge in [0.05, 0.1) is 5.52 Å². The Morgan fingerprint density at radius 3 is 2.71 bits per heavy atom. The van der Waals surface area contributed by atoms with Gasteiger partial charge < -0.3 is 9.32 Å². The molecule has 1 aliphatic rings. The minimum absolute atomic E-state index is 0.113. The highest BCUT2D eigenvalue weighted by molar-refractivity contribution is 5.76. The quantitative estimate of drug-likeness (QED) is 0.853. The van der Waals surface area contributed by atoms with Crippen LogP contribution >= 0.6 is 0 Å². The van der Waals surface area contributed by atoms with Gasteiger partial charge in [0.25, 0.3) is 0 Å². The molecular weight excluding hydrogens is 268 g/mol. The Bertz CT molecular complexity index is 721. The Morgan fingerprint density at radius 2 is 2.05 bits per heavy atom. The van der Waals surface area contributed by atoms with Crippen LogP contribution < -0.4 is 5.76 Å². The minimum Gasteiger partial charge on any atom is -0.408 e. The predicted molar refractivity (Wildman–Crippen MR) is 80.4 cm³/mol. The average molecular weight is 288 g/mol. The summed E-state index contributed by atoms with van der Waals surface area (Å²) in [6.45, 7) is 5.28. The molecule has 1 saturated heterocycles. The van der Waals surface area contributed by atoms with Crippen LogP contribution in [0.25, 0.3) is 11.1 Å². The van der Waals surface area contributed by atoms with Crippen molar-refractivity contribution in [1.29, 1.82) is 0 Å². The number of aromatic nitrogens is 1. The summed E-state index contributed by atoms with van der Waals surface area (Å²) >= 11 is 0. The molecule has 1 aromatic heterocycles. The maximum Gasteiger partial charge on any atom is 0.420 e. The van der Waals surface area contributed by atoms with Gasteiger partial charge in [-0.15, -0.1) is 0 Å². The third-order valence-corrected chi connectivity index (χ3v) is 4.25. The zero-order chi connectivity index (χ0) is 15.0. The fraction of sp³-hybridized carbons (Fsp3) is 0.500. The molecule has 5 heteroatoms. The lowest BCUT2D eigenvalue weighted by molar-refractivity contribution is -0.132. The molecule has 0 saturated carbocycles. The number of likely N-dealkylation sites (tertiary alicyclic amines) is 1. The molecule has 0 N–H and O–H groups in total. The highest BCUT2D eigenvalue weighted by Gasteiger charge is 2.26. The Hall–Kier alpha value is -2.04. The third kappa shape index (κ3) is 2.48. The summed E-state index contributed by atoms with van der Waals surface area (Å²) in [4.78, 5) is 25.7. The minimum atomic E-state index is -0.295. The summed E-state index contributed by atoms with van der Waals surface area (Å²) in [5.41, 5.74) is 2.57. The van der Waals surface area contributed by atoms with E-state index in [1.807, 2.05) is 36.9 Å². The topological polar surface area (TPSA) is 55.5 Å². The fourth-order valence-electron chi connectivity index (χ4n) is 3.09. The summed E-state index contributed by atoms with van der Waals surface area (Å²) in [7, 11) is 0. The van der Waals surface area contributed by atoms with Crippen molar-refractivity contribution in [3.05, 3.63) is 34.3 Å². The number of aryl methyl sites for hydroxylation is 1. The number of piperidine rings is 1.